The fourth-order valence-electron chi connectivity index (χ4n) is 1.59. The Kier molecular flexibility index (Phi) is 3.28. The Morgan fingerprint density at radius 3 is 2.31 bits per heavy atom. The molecule has 0 radical (unpaired) electrons. The first kappa shape index (κ1) is 10.5. The summed E-state index contributed by atoms with van der Waals surface area (Å²) in [5.74, 6) is 0. The van der Waals surface area contributed by atoms with E-state index in [0.29, 0.717) is 0 Å². The van der Waals surface area contributed by atoms with Crippen molar-refractivity contribution in [1.29, 1.82) is 0 Å². The number of aliphatic hydroxyl groups is 1. The molecular formula is C11H18OSi. The highest BCUT2D eigenvalue weighted by Gasteiger charge is 2.18. The molecule has 0 amide bonds. The largest absolute Gasteiger partial charge is 0.396 e. The molecule has 72 valence electrons. The van der Waals surface area contributed by atoms with Gasteiger partial charge in [0.1, 0.15) is 0 Å². The minimum atomic E-state index is -1.23. The van der Waals surface area contributed by atoms with Crippen LogP contribution in [0.1, 0.15) is 5.56 Å². The quantitative estimate of drug-likeness (QED) is 0.727. The Balaban J connectivity index is 3.05. The second-order valence-electron chi connectivity index (χ2n) is 4.38. The molecule has 0 saturated heterocycles. The van der Waals surface area contributed by atoms with Crippen LogP contribution in [-0.2, 0) is 6.42 Å². The number of rotatable bonds is 3. The zero-order valence-electron chi connectivity index (χ0n) is 8.67. The summed E-state index contributed by atoms with van der Waals surface area (Å²) in [5, 5.41) is 10.4. The van der Waals surface area contributed by atoms with Crippen LogP contribution in [0.4, 0.5) is 0 Å². The van der Waals surface area contributed by atoms with Gasteiger partial charge in [-0.1, -0.05) is 49.1 Å². The summed E-state index contributed by atoms with van der Waals surface area (Å²) in [6, 6.07) is 8.48. The van der Waals surface area contributed by atoms with Gasteiger partial charge in [0.2, 0.25) is 0 Å². The maximum absolute atomic E-state index is 8.93. The van der Waals surface area contributed by atoms with Crippen molar-refractivity contribution >= 4 is 13.3 Å². The summed E-state index contributed by atoms with van der Waals surface area (Å²) in [7, 11) is -1.23. The van der Waals surface area contributed by atoms with Gasteiger partial charge < -0.3 is 5.11 Å². The third-order valence-corrected chi connectivity index (χ3v) is 4.31. The van der Waals surface area contributed by atoms with E-state index in [9.17, 15) is 0 Å². The molecule has 0 bridgehead atoms. The van der Waals surface area contributed by atoms with Gasteiger partial charge in [0.05, 0.1) is 8.07 Å². The van der Waals surface area contributed by atoms with E-state index < -0.39 is 8.07 Å². The van der Waals surface area contributed by atoms with E-state index >= 15 is 0 Å². The number of benzene rings is 1. The lowest BCUT2D eigenvalue weighted by Gasteiger charge is -2.20. The van der Waals surface area contributed by atoms with E-state index in [1.807, 2.05) is 0 Å². The second-order valence-corrected chi connectivity index (χ2v) is 9.42. The first-order valence-electron chi connectivity index (χ1n) is 4.75. The fraction of sp³-hybridized carbons (Fsp3) is 0.455. The Morgan fingerprint density at radius 2 is 1.77 bits per heavy atom. The summed E-state index contributed by atoms with van der Waals surface area (Å²) in [4.78, 5) is 0. The standard InChI is InChI=1S/C11H18OSi/c1-13(2,3)11-7-5-4-6-10(11)8-9-12/h4-7,12H,8-9H2,1-3H3. The Bertz CT molecular complexity index is 276. The number of hydrogen-bond donors (Lipinski definition) is 1. The fourth-order valence-corrected chi connectivity index (χ4v) is 3.36. The highest BCUT2D eigenvalue weighted by atomic mass is 28.3. The number of aliphatic hydroxyl groups excluding tert-OH is 1. The lowest BCUT2D eigenvalue weighted by Crippen LogP contribution is -2.40. The van der Waals surface area contributed by atoms with Gasteiger partial charge >= 0.3 is 0 Å². The smallest absolute Gasteiger partial charge is 0.0779 e. The average Bonchev–Trinajstić information content (AvgIpc) is 2.04. The van der Waals surface area contributed by atoms with Crippen LogP contribution in [0.15, 0.2) is 24.3 Å². The minimum absolute atomic E-state index is 0.251. The molecule has 13 heavy (non-hydrogen) atoms. The van der Waals surface area contributed by atoms with Crippen LogP contribution in [-0.4, -0.2) is 19.8 Å². The molecular weight excluding hydrogens is 176 g/mol. The molecule has 1 aromatic carbocycles. The zero-order valence-corrected chi connectivity index (χ0v) is 9.67. The van der Waals surface area contributed by atoms with Gasteiger partial charge in [0.25, 0.3) is 0 Å². The van der Waals surface area contributed by atoms with Crippen LogP contribution in [0.2, 0.25) is 19.6 Å². The molecule has 0 atom stereocenters. The van der Waals surface area contributed by atoms with Crippen LogP contribution in [0.5, 0.6) is 0 Å². The molecule has 0 aromatic heterocycles. The van der Waals surface area contributed by atoms with Crippen molar-refractivity contribution < 1.29 is 5.11 Å². The van der Waals surface area contributed by atoms with Crippen molar-refractivity contribution in [2.45, 2.75) is 26.1 Å². The molecule has 1 aromatic rings. The van der Waals surface area contributed by atoms with Gasteiger partial charge in [-0.05, 0) is 12.0 Å². The van der Waals surface area contributed by atoms with Crippen LogP contribution >= 0.6 is 0 Å². The molecule has 1 N–H and O–H groups in total. The highest BCUT2D eigenvalue weighted by molar-refractivity contribution is 6.89. The maximum atomic E-state index is 8.93. The lowest BCUT2D eigenvalue weighted by atomic mass is 10.2. The third-order valence-electron chi connectivity index (χ3n) is 2.21. The molecule has 0 unspecified atom stereocenters. The van der Waals surface area contributed by atoms with Crippen molar-refractivity contribution in [1.82, 2.24) is 0 Å². The van der Waals surface area contributed by atoms with Crippen LogP contribution in [0.25, 0.3) is 0 Å². The third kappa shape index (κ3) is 2.67. The van der Waals surface area contributed by atoms with Gasteiger partial charge in [0.15, 0.2) is 0 Å². The summed E-state index contributed by atoms with van der Waals surface area (Å²) in [6.45, 7) is 7.26. The van der Waals surface area contributed by atoms with Crippen LogP contribution in [0, 0.1) is 0 Å². The molecule has 0 heterocycles. The van der Waals surface area contributed by atoms with E-state index in [1.54, 1.807) is 0 Å². The monoisotopic (exact) mass is 194 g/mol. The summed E-state index contributed by atoms with van der Waals surface area (Å²) in [5.41, 5.74) is 1.32. The Morgan fingerprint density at radius 1 is 1.15 bits per heavy atom. The lowest BCUT2D eigenvalue weighted by molar-refractivity contribution is 0.300. The maximum Gasteiger partial charge on any atom is 0.0779 e. The van der Waals surface area contributed by atoms with Crippen molar-refractivity contribution in [3.8, 4) is 0 Å². The molecule has 0 spiro atoms. The van der Waals surface area contributed by atoms with Crippen molar-refractivity contribution in [3.05, 3.63) is 29.8 Å². The summed E-state index contributed by atoms with van der Waals surface area (Å²) >= 11 is 0. The van der Waals surface area contributed by atoms with Crippen LogP contribution in [0.3, 0.4) is 0 Å². The molecule has 0 aliphatic heterocycles. The molecule has 0 fully saturated rings. The molecule has 0 aliphatic rings. The van der Waals surface area contributed by atoms with E-state index in [1.165, 1.54) is 10.8 Å². The molecule has 0 saturated carbocycles. The van der Waals surface area contributed by atoms with Gasteiger partial charge in [0, 0.05) is 6.61 Å². The Labute approximate surface area is 81.4 Å². The van der Waals surface area contributed by atoms with Gasteiger partial charge in [-0.2, -0.15) is 0 Å². The summed E-state index contributed by atoms with van der Waals surface area (Å²) < 4.78 is 0. The van der Waals surface area contributed by atoms with E-state index in [2.05, 4.69) is 43.9 Å². The molecule has 1 rings (SSSR count). The molecule has 2 heteroatoms. The number of hydrogen-bond acceptors (Lipinski definition) is 1. The summed E-state index contributed by atoms with van der Waals surface area (Å²) in [6.07, 6.45) is 0.792. The first-order chi connectivity index (χ1) is 6.05. The Hall–Kier alpha value is -0.603. The van der Waals surface area contributed by atoms with Gasteiger partial charge in [-0.15, -0.1) is 0 Å². The predicted molar refractivity (Wildman–Crippen MR) is 60.2 cm³/mol. The van der Waals surface area contributed by atoms with Crippen molar-refractivity contribution in [3.63, 3.8) is 0 Å². The normalized spacial score (nSPS) is 11.7. The zero-order chi connectivity index (χ0) is 9.90. The topological polar surface area (TPSA) is 20.2 Å². The van der Waals surface area contributed by atoms with Crippen molar-refractivity contribution in [2.24, 2.45) is 0 Å². The van der Waals surface area contributed by atoms with E-state index in [-0.39, 0.29) is 6.61 Å². The van der Waals surface area contributed by atoms with E-state index in [0.717, 1.165) is 6.42 Å². The molecule has 1 nitrogen and oxygen atoms in total. The van der Waals surface area contributed by atoms with Crippen molar-refractivity contribution in [2.75, 3.05) is 6.61 Å². The predicted octanol–water partition coefficient (Wildman–Crippen LogP) is 1.77. The average molecular weight is 194 g/mol. The van der Waals surface area contributed by atoms with Gasteiger partial charge in [-0.3, -0.25) is 0 Å². The first-order valence-corrected chi connectivity index (χ1v) is 8.25. The highest BCUT2D eigenvalue weighted by Crippen LogP contribution is 2.07. The molecule has 0 aliphatic carbocycles. The van der Waals surface area contributed by atoms with E-state index in [4.69, 9.17) is 5.11 Å². The van der Waals surface area contributed by atoms with Gasteiger partial charge in [-0.25, -0.2) is 0 Å². The van der Waals surface area contributed by atoms with Crippen LogP contribution < -0.4 is 5.19 Å². The second kappa shape index (κ2) is 4.07. The minimum Gasteiger partial charge on any atom is -0.396 e. The SMILES string of the molecule is C[Si](C)(C)c1ccccc1CCO.